The molecule has 0 aromatic heterocycles. The Hall–Kier alpha value is -0.570. The van der Waals surface area contributed by atoms with Crippen LogP contribution in [0.25, 0.3) is 0 Å². The smallest absolute Gasteiger partial charge is 0.305 e. The molecule has 1 saturated heterocycles. The molecular weight excluding hydrogens is 190 g/mol. The van der Waals surface area contributed by atoms with E-state index in [-0.39, 0.29) is 5.97 Å². The van der Waals surface area contributed by atoms with Crippen molar-refractivity contribution >= 4 is 5.97 Å². The molecule has 3 nitrogen and oxygen atoms in total. The second-order valence-electron chi connectivity index (χ2n) is 4.40. The van der Waals surface area contributed by atoms with Crippen LogP contribution in [0.1, 0.15) is 39.0 Å². The minimum Gasteiger partial charge on any atom is -0.469 e. The quantitative estimate of drug-likeness (QED) is 0.655. The van der Waals surface area contributed by atoms with Crippen LogP contribution < -0.4 is 0 Å². The van der Waals surface area contributed by atoms with E-state index in [1.54, 1.807) is 0 Å². The predicted octanol–water partition coefficient (Wildman–Crippen LogP) is 2.06. The molecule has 0 aliphatic carbocycles. The molecule has 0 spiro atoms. The minimum atomic E-state index is -0.0842. The lowest BCUT2D eigenvalue weighted by atomic mass is 9.95. The van der Waals surface area contributed by atoms with Crippen LogP contribution in [0, 0.1) is 5.92 Å². The number of hydrogen-bond donors (Lipinski definition) is 0. The van der Waals surface area contributed by atoms with Crippen LogP contribution in [-0.2, 0) is 9.53 Å². The van der Waals surface area contributed by atoms with Crippen LogP contribution in [0.3, 0.4) is 0 Å². The monoisotopic (exact) mass is 213 g/mol. The summed E-state index contributed by atoms with van der Waals surface area (Å²) in [5.41, 5.74) is 0. The second kappa shape index (κ2) is 6.83. The maximum Gasteiger partial charge on any atom is 0.305 e. The number of ether oxygens (including phenoxy) is 1. The molecule has 88 valence electrons. The summed E-state index contributed by atoms with van der Waals surface area (Å²) in [5.74, 6) is 0.788. The van der Waals surface area contributed by atoms with Crippen molar-refractivity contribution in [2.24, 2.45) is 5.92 Å². The van der Waals surface area contributed by atoms with Crippen molar-refractivity contribution in [2.75, 3.05) is 26.7 Å². The number of rotatable bonds is 5. The highest BCUT2D eigenvalue weighted by Crippen LogP contribution is 2.19. The number of esters is 1. The van der Waals surface area contributed by atoms with E-state index in [0.717, 1.165) is 18.9 Å². The molecule has 0 aromatic rings. The van der Waals surface area contributed by atoms with Crippen LogP contribution in [0.5, 0.6) is 0 Å². The Kier molecular flexibility index (Phi) is 5.69. The van der Waals surface area contributed by atoms with E-state index in [1.807, 2.05) is 0 Å². The molecule has 1 fully saturated rings. The van der Waals surface area contributed by atoms with Crippen molar-refractivity contribution in [1.82, 2.24) is 4.90 Å². The van der Waals surface area contributed by atoms with E-state index in [4.69, 9.17) is 0 Å². The Morgan fingerprint density at radius 3 is 3.00 bits per heavy atom. The van der Waals surface area contributed by atoms with Gasteiger partial charge in [0.2, 0.25) is 0 Å². The maximum absolute atomic E-state index is 10.9. The first-order valence-corrected chi connectivity index (χ1v) is 6.05. The third-order valence-electron chi connectivity index (χ3n) is 3.26. The van der Waals surface area contributed by atoms with Gasteiger partial charge in [0.15, 0.2) is 0 Å². The third kappa shape index (κ3) is 4.65. The van der Waals surface area contributed by atoms with Gasteiger partial charge < -0.3 is 9.64 Å². The minimum absolute atomic E-state index is 0.0842. The summed E-state index contributed by atoms with van der Waals surface area (Å²) in [6.45, 7) is 5.74. The molecule has 15 heavy (non-hydrogen) atoms. The van der Waals surface area contributed by atoms with Gasteiger partial charge in [-0.05, 0) is 38.3 Å². The van der Waals surface area contributed by atoms with Crippen molar-refractivity contribution in [1.29, 1.82) is 0 Å². The third-order valence-corrected chi connectivity index (χ3v) is 3.26. The van der Waals surface area contributed by atoms with E-state index in [0.29, 0.717) is 6.42 Å². The van der Waals surface area contributed by atoms with E-state index in [2.05, 4.69) is 16.6 Å². The van der Waals surface area contributed by atoms with Gasteiger partial charge in [-0.2, -0.15) is 0 Å². The highest BCUT2D eigenvalue weighted by molar-refractivity contribution is 5.69. The summed E-state index contributed by atoms with van der Waals surface area (Å²) in [6.07, 6.45) is 5.47. The highest BCUT2D eigenvalue weighted by atomic mass is 16.5. The van der Waals surface area contributed by atoms with Crippen LogP contribution in [0.15, 0.2) is 0 Å². The van der Waals surface area contributed by atoms with Crippen LogP contribution in [-0.4, -0.2) is 37.6 Å². The molecule has 0 amide bonds. The Morgan fingerprint density at radius 1 is 1.53 bits per heavy atom. The van der Waals surface area contributed by atoms with E-state index >= 15 is 0 Å². The molecule has 0 bridgehead atoms. The average Bonchev–Trinajstić information content (AvgIpc) is 2.29. The summed E-state index contributed by atoms with van der Waals surface area (Å²) >= 11 is 0. The molecule has 0 aromatic carbocycles. The fraction of sp³-hybridized carbons (Fsp3) is 0.917. The number of methoxy groups -OCH3 is 1. The van der Waals surface area contributed by atoms with Crippen molar-refractivity contribution in [3.63, 3.8) is 0 Å². The van der Waals surface area contributed by atoms with Crippen molar-refractivity contribution in [3.8, 4) is 0 Å². The van der Waals surface area contributed by atoms with Crippen LogP contribution in [0.4, 0.5) is 0 Å². The molecule has 1 aliphatic rings. The highest BCUT2D eigenvalue weighted by Gasteiger charge is 2.17. The van der Waals surface area contributed by atoms with Crippen LogP contribution in [0.2, 0.25) is 0 Å². The number of carbonyl (C=O) groups excluding carboxylic acids is 1. The van der Waals surface area contributed by atoms with Gasteiger partial charge in [0.25, 0.3) is 0 Å². The topological polar surface area (TPSA) is 29.5 Å². The normalized spacial score (nSPS) is 22.7. The van der Waals surface area contributed by atoms with E-state index < -0.39 is 0 Å². The Bertz CT molecular complexity index is 194. The fourth-order valence-electron chi connectivity index (χ4n) is 2.24. The van der Waals surface area contributed by atoms with Gasteiger partial charge in [-0.25, -0.2) is 0 Å². The average molecular weight is 213 g/mol. The molecule has 3 heteroatoms. The van der Waals surface area contributed by atoms with Gasteiger partial charge in [-0.1, -0.05) is 13.3 Å². The first kappa shape index (κ1) is 12.5. The summed E-state index contributed by atoms with van der Waals surface area (Å²) in [4.78, 5) is 13.4. The number of likely N-dealkylation sites (tertiary alicyclic amines) is 1. The number of carbonyl (C=O) groups is 1. The zero-order valence-corrected chi connectivity index (χ0v) is 10.00. The van der Waals surface area contributed by atoms with Crippen molar-refractivity contribution in [3.05, 3.63) is 0 Å². The summed E-state index contributed by atoms with van der Waals surface area (Å²) in [5, 5.41) is 0. The SMILES string of the molecule is CCC1CCCN(CCCC(=O)OC)C1. The maximum atomic E-state index is 10.9. The van der Waals surface area contributed by atoms with Gasteiger partial charge >= 0.3 is 5.97 Å². The molecule has 0 N–H and O–H groups in total. The molecule has 1 unspecified atom stereocenters. The summed E-state index contributed by atoms with van der Waals surface area (Å²) in [6, 6.07) is 0. The van der Waals surface area contributed by atoms with Crippen LogP contribution >= 0.6 is 0 Å². The Balaban J connectivity index is 2.12. The largest absolute Gasteiger partial charge is 0.469 e. The van der Waals surface area contributed by atoms with Gasteiger partial charge in [-0.3, -0.25) is 4.79 Å². The predicted molar refractivity (Wildman–Crippen MR) is 60.7 cm³/mol. The number of nitrogens with zero attached hydrogens (tertiary/aromatic N) is 1. The van der Waals surface area contributed by atoms with E-state index in [1.165, 1.54) is 39.5 Å². The second-order valence-corrected chi connectivity index (χ2v) is 4.40. The number of hydrogen-bond acceptors (Lipinski definition) is 3. The van der Waals surface area contributed by atoms with Crippen molar-refractivity contribution in [2.45, 2.75) is 39.0 Å². The summed E-state index contributed by atoms with van der Waals surface area (Å²) in [7, 11) is 1.45. The zero-order valence-electron chi connectivity index (χ0n) is 10.00. The molecular formula is C12H23NO2. The zero-order chi connectivity index (χ0) is 11.1. The lowest BCUT2D eigenvalue weighted by molar-refractivity contribution is -0.140. The molecule has 1 rings (SSSR count). The molecule has 0 radical (unpaired) electrons. The standard InChI is InChI=1S/C12H23NO2/c1-3-11-6-4-8-13(10-11)9-5-7-12(14)15-2/h11H,3-10H2,1-2H3. The lowest BCUT2D eigenvalue weighted by Gasteiger charge is -2.32. The van der Waals surface area contributed by atoms with Gasteiger partial charge in [0, 0.05) is 13.0 Å². The van der Waals surface area contributed by atoms with Crippen molar-refractivity contribution < 1.29 is 9.53 Å². The molecule has 1 heterocycles. The van der Waals surface area contributed by atoms with E-state index in [9.17, 15) is 4.79 Å². The Morgan fingerprint density at radius 2 is 2.33 bits per heavy atom. The van der Waals surface area contributed by atoms with Gasteiger partial charge in [0.1, 0.15) is 0 Å². The molecule has 1 atom stereocenters. The first-order valence-electron chi connectivity index (χ1n) is 6.05. The van der Waals surface area contributed by atoms with Gasteiger partial charge in [0.05, 0.1) is 7.11 Å². The first-order chi connectivity index (χ1) is 7.26. The van der Waals surface area contributed by atoms with Gasteiger partial charge in [-0.15, -0.1) is 0 Å². The number of piperidine rings is 1. The molecule has 0 saturated carbocycles. The molecule has 1 aliphatic heterocycles. The summed E-state index contributed by atoms with van der Waals surface area (Å²) < 4.78 is 4.62. The lowest BCUT2D eigenvalue weighted by Crippen LogP contribution is -2.35. The Labute approximate surface area is 92.8 Å². The fourth-order valence-corrected chi connectivity index (χ4v) is 2.24.